The summed E-state index contributed by atoms with van der Waals surface area (Å²) in [4.78, 5) is 3.54. The minimum absolute atomic E-state index is 0.147. The highest BCUT2D eigenvalue weighted by Crippen LogP contribution is 2.34. The van der Waals surface area contributed by atoms with E-state index in [0.29, 0.717) is 16.9 Å². The molecule has 1 aromatic carbocycles. The van der Waals surface area contributed by atoms with Crippen LogP contribution in [0.1, 0.15) is 36.6 Å². The smallest absolute Gasteiger partial charge is 0.433 e. The topological polar surface area (TPSA) is 82.0 Å². The summed E-state index contributed by atoms with van der Waals surface area (Å²) in [6.45, 7) is 0. The van der Waals surface area contributed by atoms with Gasteiger partial charge in [0.25, 0.3) is 0 Å². The zero-order valence-electron chi connectivity index (χ0n) is 14.8. The number of pyridine rings is 1. The van der Waals surface area contributed by atoms with Gasteiger partial charge in [-0.3, -0.25) is 4.98 Å². The van der Waals surface area contributed by atoms with E-state index in [0.717, 1.165) is 30.9 Å². The van der Waals surface area contributed by atoms with Crippen molar-refractivity contribution in [2.24, 2.45) is 0 Å². The van der Waals surface area contributed by atoms with Gasteiger partial charge in [0.2, 0.25) is 0 Å². The van der Waals surface area contributed by atoms with Crippen molar-refractivity contribution in [1.29, 1.82) is 5.26 Å². The molecule has 1 aromatic heterocycles. The molecule has 0 radical (unpaired) electrons. The average molecular weight is 389 g/mol. The van der Waals surface area contributed by atoms with Crippen LogP contribution in [0.2, 0.25) is 0 Å². The Hall–Kier alpha value is -2.67. The van der Waals surface area contributed by atoms with E-state index in [4.69, 9.17) is 4.74 Å². The number of nitriles is 1. The number of hydrogen-bond donors (Lipinski definition) is 3. The minimum atomic E-state index is -4.48. The first kappa shape index (κ1) is 18.7. The van der Waals surface area contributed by atoms with Crippen LogP contribution >= 0.6 is 0 Å². The number of nitrogens with zero attached hydrogens (tertiary/aromatic N) is 2. The molecule has 2 unspecified atom stereocenters. The lowest BCUT2D eigenvalue weighted by atomic mass is 9.95. The second-order valence-electron chi connectivity index (χ2n) is 6.89. The first-order valence-electron chi connectivity index (χ1n) is 8.95. The van der Waals surface area contributed by atoms with Crippen molar-refractivity contribution in [3.8, 4) is 22.9 Å². The third-order valence-electron chi connectivity index (χ3n) is 4.96. The van der Waals surface area contributed by atoms with E-state index in [-0.39, 0.29) is 12.1 Å². The molecule has 2 fully saturated rings. The maximum absolute atomic E-state index is 12.8. The lowest BCUT2D eigenvalue weighted by Gasteiger charge is -2.27. The van der Waals surface area contributed by atoms with Crippen LogP contribution in [0, 0.1) is 11.3 Å². The third kappa shape index (κ3) is 3.80. The van der Waals surface area contributed by atoms with Gasteiger partial charge in [-0.15, -0.1) is 0 Å². The molecule has 1 saturated carbocycles. The van der Waals surface area contributed by atoms with Crippen molar-refractivity contribution in [2.75, 3.05) is 0 Å². The van der Waals surface area contributed by atoms with Crippen molar-refractivity contribution < 1.29 is 17.9 Å². The van der Waals surface area contributed by atoms with Gasteiger partial charge < -0.3 is 4.74 Å². The van der Waals surface area contributed by atoms with E-state index in [9.17, 15) is 18.4 Å². The zero-order valence-corrected chi connectivity index (χ0v) is 14.8. The van der Waals surface area contributed by atoms with Crippen LogP contribution in [0.4, 0.5) is 13.2 Å². The quantitative estimate of drug-likeness (QED) is 0.745. The van der Waals surface area contributed by atoms with E-state index in [2.05, 4.69) is 27.4 Å². The van der Waals surface area contributed by atoms with E-state index in [1.54, 1.807) is 6.07 Å². The normalized spacial score (nSPS) is 22.5. The Balaban J connectivity index is 1.70. The molecule has 28 heavy (non-hydrogen) atoms. The van der Waals surface area contributed by atoms with Gasteiger partial charge in [0.15, 0.2) is 0 Å². The van der Waals surface area contributed by atoms with Gasteiger partial charge in [-0.25, -0.2) is 10.9 Å². The SMILES string of the molecule is N#CC1NNNC1c1cc(OC2CCC2)cc(-c2ccc(C(F)(F)F)nc2)c1. The van der Waals surface area contributed by atoms with Crippen molar-refractivity contribution in [2.45, 2.75) is 43.6 Å². The van der Waals surface area contributed by atoms with E-state index < -0.39 is 17.9 Å². The number of rotatable bonds is 4. The van der Waals surface area contributed by atoms with E-state index >= 15 is 0 Å². The number of benzene rings is 1. The second-order valence-corrected chi connectivity index (χ2v) is 6.89. The van der Waals surface area contributed by atoms with Crippen LogP contribution in [-0.4, -0.2) is 17.1 Å². The summed E-state index contributed by atoms with van der Waals surface area (Å²) in [6, 6.07) is 9.16. The fourth-order valence-corrected chi connectivity index (χ4v) is 3.20. The molecule has 9 heteroatoms. The third-order valence-corrected chi connectivity index (χ3v) is 4.96. The summed E-state index contributed by atoms with van der Waals surface area (Å²) in [5, 5.41) is 9.31. The van der Waals surface area contributed by atoms with E-state index in [1.807, 2.05) is 12.1 Å². The second kappa shape index (κ2) is 7.39. The molecule has 2 aliphatic rings. The monoisotopic (exact) mass is 389 g/mol. The standard InChI is InChI=1S/C19H18F3N5O/c20-19(21,22)17-5-4-11(10-24-17)12-6-13(18-16(9-23)25-27-26-18)8-15(7-12)28-14-2-1-3-14/h4-8,10,14,16,18,25-27H,1-3H2. The molecule has 0 bridgehead atoms. The number of alkyl halides is 3. The number of nitrogens with one attached hydrogen (secondary N) is 3. The molecule has 0 amide bonds. The van der Waals surface area contributed by atoms with Gasteiger partial charge in [-0.1, -0.05) is 6.07 Å². The van der Waals surface area contributed by atoms with Gasteiger partial charge in [-0.05, 0) is 54.7 Å². The molecule has 1 aliphatic carbocycles. The maximum atomic E-state index is 12.8. The molecule has 2 heterocycles. The van der Waals surface area contributed by atoms with Crippen LogP contribution in [0.3, 0.4) is 0 Å². The zero-order chi connectivity index (χ0) is 19.7. The first-order chi connectivity index (χ1) is 13.4. The van der Waals surface area contributed by atoms with Crippen LogP contribution in [0.5, 0.6) is 5.75 Å². The Morgan fingerprint density at radius 1 is 1.11 bits per heavy atom. The highest BCUT2D eigenvalue weighted by atomic mass is 19.4. The largest absolute Gasteiger partial charge is 0.490 e. The van der Waals surface area contributed by atoms with Crippen LogP contribution in [-0.2, 0) is 6.18 Å². The number of aromatic nitrogens is 1. The Kier molecular flexibility index (Phi) is 4.93. The van der Waals surface area contributed by atoms with E-state index in [1.165, 1.54) is 12.3 Å². The summed E-state index contributed by atoms with van der Waals surface area (Å²) < 4.78 is 44.4. The van der Waals surface area contributed by atoms with Crippen molar-refractivity contribution in [3.05, 3.63) is 47.8 Å². The first-order valence-corrected chi connectivity index (χ1v) is 8.95. The van der Waals surface area contributed by atoms with Crippen LogP contribution in [0.25, 0.3) is 11.1 Å². The lowest BCUT2D eigenvalue weighted by molar-refractivity contribution is -0.141. The Morgan fingerprint density at radius 2 is 1.93 bits per heavy atom. The van der Waals surface area contributed by atoms with Gasteiger partial charge in [-0.2, -0.15) is 24.0 Å². The molecular formula is C19H18F3N5O. The number of hydrazine groups is 2. The van der Waals surface area contributed by atoms with Crippen molar-refractivity contribution >= 4 is 0 Å². The highest BCUT2D eigenvalue weighted by Gasteiger charge is 2.32. The van der Waals surface area contributed by atoms with Gasteiger partial charge in [0, 0.05) is 11.8 Å². The van der Waals surface area contributed by atoms with Gasteiger partial charge in [0.1, 0.15) is 17.5 Å². The lowest BCUT2D eigenvalue weighted by Crippen LogP contribution is -2.32. The van der Waals surface area contributed by atoms with Crippen LogP contribution < -0.4 is 21.1 Å². The molecule has 3 N–H and O–H groups in total. The highest BCUT2D eigenvalue weighted by molar-refractivity contribution is 5.66. The molecule has 1 aliphatic heterocycles. The predicted octanol–water partition coefficient (Wildman–Crippen LogP) is 3.24. The number of hydrogen-bond acceptors (Lipinski definition) is 6. The Morgan fingerprint density at radius 3 is 2.54 bits per heavy atom. The molecule has 4 rings (SSSR count). The fourth-order valence-electron chi connectivity index (χ4n) is 3.20. The molecule has 2 atom stereocenters. The van der Waals surface area contributed by atoms with Crippen molar-refractivity contribution in [3.63, 3.8) is 0 Å². The predicted molar refractivity (Wildman–Crippen MR) is 94.5 cm³/mol. The minimum Gasteiger partial charge on any atom is -0.490 e. The Bertz CT molecular complexity index is 890. The molecule has 2 aromatic rings. The van der Waals surface area contributed by atoms with Crippen LogP contribution in [0.15, 0.2) is 36.5 Å². The molecule has 146 valence electrons. The molecule has 1 saturated heterocycles. The molecule has 0 spiro atoms. The van der Waals surface area contributed by atoms with Gasteiger partial charge in [0.05, 0.1) is 18.2 Å². The van der Waals surface area contributed by atoms with Crippen molar-refractivity contribution in [1.82, 2.24) is 21.4 Å². The molecular weight excluding hydrogens is 371 g/mol. The summed E-state index contributed by atoms with van der Waals surface area (Å²) in [6.07, 6.45) is -0.0538. The Labute approximate surface area is 159 Å². The fraction of sp³-hybridized carbons (Fsp3) is 0.368. The molecule has 6 nitrogen and oxygen atoms in total. The maximum Gasteiger partial charge on any atom is 0.433 e. The van der Waals surface area contributed by atoms with Gasteiger partial charge >= 0.3 is 6.18 Å². The summed E-state index contributed by atoms with van der Waals surface area (Å²) in [5.41, 5.74) is 9.62. The summed E-state index contributed by atoms with van der Waals surface area (Å²) >= 11 is 0. The summed E-state index contributed by atoms with van der Waals surface area (Å²) in [7, 11) is 0. The number of halogens is 3. The summed E-state index contributed by atoms with van der Waals surface area (Å²) in [5.74, 6) is 0.627. The average Bonchev–Trinajstić information content (AvgIpc) is 3.13. The number of ether oxygens (including phenoxy) is 1.